The zero-order chi connectivity index (χ0) is 31.6. The Kier molecular flexibility index (Phi) is 18.8. The maximum absolute atomic E-state index is 5.13. The van der Waals surface area contributed by atoms with Crippen molar-refractivity contribution in [2.45, 2.75) is 132 Å². The third kappa shape index (κ3) is 17.4. The summed E-state index contributed by atoms with van der Waals surface area (Å²) < 4.78 is 0. The van der Waals surface area contributed by atoms with Gasteiger partial charge in [0.25, 0.3) is 0 Å². The molecular weight excluding hydrogens is 572 g/mol. The van der Waals surface area contributed by atoms with Gasteiger partial charge in [-0.1, -0.05) is 131 Å². The molecule has 0 amide bonds. The summed E-state index contributed by atoms with van der Waals surface area (Å²) in [5.74, 6) is 1.73. The summed E-state index contributed by atoms with van der Waals surface area (Å²) in [6, 6.07) is 13.2. The second-order valence-corrected chi connectivity index (χ2v) is 24.9. The molecule has 2 aromatic rings. The SMILES string of the molecule is CC(=Nc1c(C(C)C)cccc1C(C)C)C(C)=Nc1c(C(C)C)cccc1C(C)C.[CH2-][Si](C)(C)C.[CH2-][Si](C)(C)C.[Fe+2]. The Bertz CT molecular complexity index is 961. The van der Waals surface area contributed by atoms with E-state index in [4.69, 9.17) is 9.98 Å². The van der Waals surface area contributed by atoms with E-state index in [1.54, 1.807) is 0 Å². The van der Waals surface area contributed by atoms with Crippen LogP contribution in [-0.4, -0.2) is 27.6 Å². The van der Waals surface area contributed by atoms with E-state index in [1.807, 2.05) is 0 Å². The molecule has 0 unspecified atom stereocenters. The molecule has 41 heavy (non-hydrogen) atoms. The molecule has 0 saturated heterocycles. The van der Waals surface area contributed by atoms with Crippen LogP contribution < -0.4 is 0 Å². The van der Waals surface area contributed by atoms with Gasteiger partial charge in [0.2, 0.25) is 0 Å². The Morgan fingerprint density at radius 2 is 0.683 bits per heavy atom. The third-order valence-corrected chi connectivity index (χ3v) is 5.77. The molecule has 0 radical (unpaired) electrons. The Labute approximate surface area is 268 Å². The van der Waals surface area contributed by atoms with Crippen molar-refractivity contribution in [2.75, 3.05) is 0 Å². The third-order valence-electron chi connectivity index (χ3n) is 5.77. The number of para-hydroxylation sites is 2. The van der Waals surface area contributed by atoms with Crippen LogP contribution in [0.15, 0.2) is 46.4 Å². The van der Waals surface area contributed by atoms with E-state index in [2.05, 4.69) is 158 Å². The Balaban J connectivity index is 0. The predicted molar refractivity (Wildman–Crippen MR) is 192 cm³/mol. The number of rotatable bonds is 7. The number of nitrogens with zero attached hydrogens (tertiary/aromatic N) is 2. The van der Waals surface area contributed by atoms with Gasteiger partial charge in [-0.05, 0) is 59.8 Å². The molecule has 2 aromatic carbocycles. The fourth-order valence-corrected chi connectivity index (χ4v) is 3.78. The molecule has 0 atom stereocenters. The summed E-state index contributed by atoms with van der Waals surface area (Å²) in [5.41, 5.74) is 9.43. The molecule has 0 aliphatic carbocycles. The van der Waals surface area contributed by atoms with Gasteiger partial charge in [0.05, 0.1) is 22.8 Å². The number of hydrogen-bond donors (Lipinski definition) is 0. The van der Waals surface area contributed by atoms with Crippen LogP contribution in [0.1, 0.15) is 115 Å². The van der Waals surface area contributed by atoms with Gasteiger partial charge < -0.3 is 13.1 Å². The molecule has 0 heterocycles. The van der Waals surface area contributed by atoms with E-state index in [1.165, 1.54) is 22.3 Å². The number of hydrogen-bond acceptors (Lipinski definition) is 2. The van der Waals surface area contributed by atoms with E-state index in [-0.39, 0.29) is 17.1 Å². The molecule has 2 nitrogen and oxygen atoms in total. The summed E-state index contributed by atoms with van der Waals surface area (Å²) in [4.78, 5) is 10.3. The molecule has 0 aliphatic rings. The van der Waals surface area contributed by atoms with Crippen molar-refractivity contribution < 1.29 is 17.1 Å². The molecule has 0 bridgehead atoms. The normalized spacial score (nSPS) is 12.6. The molecule has 0 N–H and O–H groups in total. The van der Waals surface area contributed by atoms with Crippen LogP contribution in [-0.2, 0) is 17.1 Å². The molecule has 2 rings (SSSR count). The fraction of sp³-hybridized carbons (Fsp3) is 0.556. The maximum Gasteiger partial charge on any atom is 2.00 e. The minimum atomic E-state index is -0.861. The van der Waals surface area contributed by atoms with Crippen LogP contribution in [0.4, 0.5) is 11.4 Å². The van der Waals surface area contributed by atoms with Gasteiger partial charge in [-0.15, -0.1) is 16.1 Å². The topological polar surface area (TPSA) is 24.7 Å². The van der Waals surface area contributed by atoms with E-state index in [0.717, 1.165) is 22.8 Å². The van der Waals surface area contributed by atoms with E-state index in [9.17, 15) is 0 Å². The van der Waals surface area contributed by atoms with Crippen LogP contribution in [0.3, 0.4) is 0 Å². The predicted octanol–water partition coefficient (Wildman–Crippen LogP) is 12.5. The summed E-state index contributed by atoms with van der Waals surface area (Å²) in [6.07, 6.45) is 0. The zero-order valence-electron chi connectivity index (χ0n) is 29.4. The summed E-state index contributed by atoms with van der Waals surface area (Å²) in [7, 11) is -1.72. The number of benzene rings is 2. The first-order valence-corrected chi connectivity index (χ1v) is 22.5. The average molecular weight is 635 g/mol. The first-order valence-electron chi connectivity index (χ1n) is 15.1. The second kappa shape index (κ2) is 18.4. The molecule has 0 aromatic heterocycles. The first kappa shape index (κ1) is 41.9. The van der Waals surface area contributed by atoms with Crippen LogP contribution in [0.25, 0.3) is 0 Å². The monoisotopic (exact) mass is 634 g/mol. The minimum Gasteiger partial charge on any atom is -0.342 e. The summed E-state index contributed by atoms with van der Waals surface area (Å²) in [5, 5.41) is 0. The molecule has 5 heteroatoms. The standard InChI is InChI=1S/C28H40N2.2C4H11Si.Fe/c1-17(2)23-13-11-14-24(18(3)4)27(23)29-21(9)22(10)30-28-25(19(5)6)15-12-16-26(28)20(7)8;2*1-5(2,3)4;/h11-20H,1-10H3;2*1H2,2-4H3;/q;2*-1;+2. The van der Waals surface area contributed by atoms with Crippen LogP contribution in [0.2, 0.25) is 39.3 Å². The molecule has 232 valence electrons. The summed E-state index contributed by atoms with van der Waals surface area (Å²) >= 11 is 0. The molecule has 0 fully saturated rings. The Hall–Kier alpha value is -1.27. The van der Waals surface area contributed by atoms with Crippen LogP contribution in [0.5, 0.6) is 0 Å². The molecule has 0 spiro atoms. The Morgan fingerprint density at radius 3 is 0.829 bits per heavy atom. The Morgan fingerprint density at radius 1 is 0.512 bits per heavy atom. The fourth-order valence-electron chi connectivity index (χ4n) is 3.78. The van der Waals surface area contributed by atoms with E-state index in [0.29, 0.717) is 23.7 Å². The smallest absolute Gasteiger partial charge is 0.342 e. The maximum atomic E-state index is 5.13. The van der Waals surface area contributed by atoms with Crippen molar-refractivity contribution >= 4 is 38.9 Å². The van der Waals surface area contributed by atoms with Crippen molar-refractivity contribution in [2.24, 2.45) is 9.98 Å². The zero-order valence-corrected chi connectivity index (χ0v) is 32.5. The molecular formula is C36H62FeN2Si2. The van der Waals surface area contributed by atoms with Gasteiger partial charge in [0.15, 0.2) is 0 Å². The number of aliphatic imine (C=N–C) groups is 2. The van der Waals surface area contributed by atoms with Crippen molar-refractivity contribution in [3.05, 3.63) is 71.7 Å². The largest absolute Gasteiger partial charge is 2.00 e. The first-order chi connectivity index (χ1) is 18.0. The average Bonchev–Trinajstić information content (AvgIpc) is 2.76. The molecule has 0 aliphatic heterocycles. The van der Waals surface area contributed by atoms with Gasteiger partial charge in [-0.3, -0.25) is 9.98 Å². The van der Waals surface area contributed by atoms with Gasteiger partial charge in [-0.2, -0.15) is 0 Å². The molecule has 0 saturated carbocycles. The van der Waals surface area contributed by atoms with Crippen LogP contribution in [0, 0.1) is 13.1 Å². The minimum absolute atomic E-state index is 0. The van der Waals surface area contributed by atoms with E-state index < -0.39 is 16.1 Å². The second-order valence-electron chi connectivity index (χ2n) is 14.7. The van der Waals surface area contributed by atoms with Crippen molar-refractivity contribution in [1.29, 1.82) is 0 Å². The van der Waals surface area contributed by atoms with Crippen LogP contribution >= 0.6 is 0 Å². The van der Waals surface area contributed by atoms with Gasteiger partial charge in [-0.25, -0.2) is 0 Å². The van der Waals surface area contributed by atoms with Gasteiger partial charge in [0.1, 0.15) is 0 Å². The van der Waals surface area contributed by atoms with E-state index >= 15 is 0 Å². The van der Waals surface area contributed by atoms with Gasteiger partial charge in [0, 0.05) is 0 Å². The van der Waals surface area contributed by atoms with Crippen molar-refractivity contribution in [3.63, 3.8) is 0 Å². The summed E-state index contributed by atoms with van der Waals surface area (Å²) in [6.45, 7) is 43.2. The van der Waals surface area contributed by atoms with Crippen molar-refractivity contribution in [1.82, 2.24) is 0 Å². The van der Waals surface area contributed by atoms with Crippen molar-refractivity contribution in [3.8, 4) is 0 Å². The quantitative estimate of drug-likeness (QED) is 0.164. The van der Waals surface area contributed by atoms with Gasteiger partial charge >= 0.3 is 17.1 Å².